The molecule has 0 aliphatic carbocycles. The van der Waals surface area contributed by atoms with Crippen LogP contribution in [0.25, 0.3) is 0 Å². The average Bonchev–Trinajstić information content (AvgIpc) is 2.52. The van der Waals surface area contributed by atoms with Gasteiger partial charge < -0.3 is 15.4 Å². The minimum Gasteiger partial charge on any atom is -0.495 e. The summed E-state index contributed by atoms with van der Waals surface area (Å²) in [6, 6.07) is 4.10. The molecule has 0 fully saturated rings. The first kappa shape index (κ1) is 19.9. The van der Waals surface area contributed by atoms with Gasteiger partial charge >= 0.3 is 0 Å². The monoisotopic (exact) mass is 357 g/mol. The number of carbonyl (C=O) groups excluding carboxylic acids is 2. The van der Waals surface area contributed by atoms with Crippen LogP contribution in [0, 0.1) is 0 Å². The highest BCUT2D eigenvalue weighted by molar-refractivity contribution is 7.89. The highest BCUT2D eigenvalue weighted by atomic mass is 32.2. The first-order valence-corrected chi connectivity index (χ1v) is 8.85. The van der Waals surface area contributed by atoms with E-state index >= 15 is 0 Å². The number of likely N-dealkylation sites (N-methyl/N-ethyl adjacent to an activating group) is 1. The van der Waals surface area contributed by atoms with Gasteiger partial charge in [-0.1, -0.05) is 6.92 Å². The van der Waals surface area contributed by atoms with Crippen LogP contribution < -0.4 is 15.4 Å². The van der Waals surface area contributed by atoms with Gasteiger partial charge in [0.15, 0.2) is 0 Å². The first-order valence-electron chi connectivity index (χ1n) is 7.41. The topological polar surface area (TPSA) is 105 Å². The summed E-state index contributed by atoms with van der Waals surface area (Å²) in [5, 5.41) is 5.17. The lowest BCUT2D eigenvalue weighted by Crippen LogP contribution is -2.38. The Hall–Kier alpha value is -2.13. The quantitative estimate of drug-likeness (QED) is 0.716. The maximum Gasteiger partial charge on any atom is 0.243 e. The number of ether oxygens (including phenoxy) is 1. The Kier molecular flexibility index (Phi) is 7.18. The molecule has 0 aliphatic rings. The molecule has 0 radical (unpaired) electrons. The van der Waals surface area contributed by atoms with Gasteiger partial charge in [-0.25, -0.2) is 8.42 Å². The molecule has 0 aliphatic heterocycles. The summed E-state index contributed by atoms with van der Waals surface area (Å²) in [4.78, 5) is 22.8. The Morgan fingerprint density at radius 2 is 1.96 bits per heavy atom. The van der Waals surface area contributed by atoms with Crippen LogP contribution in [0.3, 0.4) is 0 Å². The van der Waals surface area contributed by atoms with Crippen molar-refractivity contribution in [3.05, 3.63) is 18.2 Å². The molecule has 9 heteroatoms. The second kappa shape index (κ2) is 8.65. The number of benzene rings is 1. The van der Waals surface area contributed by atoms with Gasteiger partial charge in [0.1, 0.15) is 5.75 Å². The predicted octanol–water partition coefficient (Wildman–Crippen LogP) is 0.800. The van der Waals surface area contributed by atoms with Crippen molar-refractivity contribution in [3.63, 3.8) is 0 Å². The largest absolute Gasteiger partial charge is 0.495 e. The maximum atomic E-state index is 12.5. The number of nitrogens with one attached hydrogen (secondary N) is 2. The van der Waals surface area contributed by atoms with Gasteiger partial charge in [0.25, 0.3) is 0 Å². The van der Waals surface area contributed by atoms with Gasteiger partial charge in [0.2, 0.25) is 21.8 Å². The van der Waals surface area contributed by atoms with Gasteiger partial charge in [0.05, 0.1) is 24.2 Å². The molecule has 1 rings (SSSR count). The smallest absolute Gasteiger partial charge is 0.243 e. The van der Waals surface area contributed by atoms with E-state index in [1.807, 2.05) is 6.92 Å². The van der Waals surface area contributed by atoms with Crippen LogP contribution in [-0.2, 0) is 19.6 Å². The van der Waals surface area contributed by atoms with Crippen LogP contribution in [0.4, 0.5) is 5.69 Å². The number of amides is 2. The second-order valence-electron chi connectivity index (χ2n) is 5.15. The van der Waals surface area contributed by atoms with E-state index in [9.17, 15) is 18.0 Å². The zero-order chi connectivity index (χ0) is 18.3. The van der Waals surface area contributed by atoms with Crippen LogP contribution in [0.1, 0.15) is 20.3 Å². The molecule has 134 valence electrons. The van der Waals surface area contributed by atoms with Crippen molar-refractivity contribution >= 4 is 27.5 Å². The molecule has 2 amide bonds. The molecule has 0 atom stereocenters. The lowest BCUT2D eigenvalue weighted by atomic mass is 10.3. The third-order valence-electron chi connectivity index (χ3n) is 3.13. The van der Waals surface area contributed by atoms with E-state index in [1.54, 1.807) is 0 Å². The van der Waals surface area contributed by atoms with Gasteiger partial charge in [-0.05, 0) is 18.6 Å². The number of nitrogens with zero attached hydrogens (tertiary/aromatic N) is 1. The van der Waals surface area contributed by atoms with Crippen molar-refractivity contribution in [1.29, 1.82) is 0 Å². The number of carbonyl (C=O) groups is 2. The molecular weight excluding hydrogens is 334 g/mol. The number of rotatable bonds is 8. The van der Waals surface area contributed by atoms with Crippen LogP contribution >= 0.6 is 0 Å². The Morgan fingerprint density at radius 3 is 2.50 bits per heavy atom. The maximum absolute atomic E-state index is 12.5. The molecule has 0 aromatic heterocycles. The standard InChI is InChI=1S/C15H23N3O5S/c1-5-8-16-15(20)10-18(3)24(21,22)12-6-7-13(17-11(2)19)14(9-12)23-4/h6-7,9H,5,8,10H2,1-4H3,(H,16,20)(H,17,19). The van der Waals surface area contributed by atoms with Crippen molar-refractivity contribution < 1.29 is 22.7 Å². The summed E-state index contributed by atoms with van der Waals surface area (Å²) in [5.41, 5.74) is 0.368. The number of sulfonamides is 1. The number of methoxy groups -OCH3 is 1. The van der Waals surface area contributed by atoms with E-state index in [0.29, 0.717) is 12.2 Å². The zero-order valence-electron chi connectivity index (χ0n) is 14.3. The molecule has 0 heterocycles. The van der Waals surface area contributed by atoms with Crippen molar-refractivity contribution in [1.82, 2.24) is 9.62 Å². The van der Waals surface area contributed by atoms with E-state index in [1.165, 1.54) is 39.3 Å². The molecular formula is C15H23N3O5S. The fraction of sp³-hybridized carbons (Fsp3) is 0.467. The fourth-order valence-electron chi connectivity index (χ4n) is 1.91. The van der Waals surface area contributed by atoms with E-state index in [-0.39, 0.29) is 29.0 Å². The summed E-state index contributed by atoms with van der Waals surface area (Å²) in [7, 11) is -1.15. The van der Waals surface area contributed by atoms with E-state index in [2.05, 4.69) is 10.6 Å². The van der Waals surface area contributed by atoms with Crippen molar-refractivity contribution in [2.24, 2.45) is 0 Å². The molecule has 8 nitrogen and oxygen atoms in total. The third-order valence-corrected chi connectivity index (χ3v) is 4.93. The molecule has 0 bridgehead atoms. The lowest BCUT2D eigenvalue weighted by Gasteiger charge is -2.18. The predicted molar refractivity (Wildman–Crippen MR) is 90.4 cm³/mol. The molecule has 1 aromatic rings. The Balaban J connectivity index is 3.01. The lowest BCUT2D eigenvalue weighted by molar-refractivity contribution is -0.121. The molecule has 0 saturated carbocycles. The van der Waals surface area contributed by atoms with Crippen LogP contribution in [0.15, 0.2) is 23.1 Å². The second-order valence-corrected chi connectivity index (χ2v) is 7.20. The molecule has 24 heavy (non-hydrogen) atoms. The number of hydrogen-bond donors (Lipinski definition) is 2. The molecule has 2 N–H and O–H groups in total. The third kappa shape index (κ3) is 5.20. The Labute approximate surface area is 142 Å². The molecule has 0 saturated heterocycles. The first-order chi connectivity index (χ1) is 11.2. The fourth-order valence-corrected chi connectivity index (χ4v) is 3.06. The number of anilines is 1. The molecule has 0 unspecified atom stereocenters. The minimum absolute atomic E-state index is 0.0285. The highest BCUT2D eigenvalue weighted by Gasteiger charge is 2.24. The zero-order valence-corrected chi connectivity index (χ0v) is 15.1. The normalized spacial score (nSPS) is 11.2. The highest BCUT2D eigenvalue weighted by Crippen LogP contribution is 2.28. The van der Waals surface area contributed by atoms with E-state index < -0.39 is 10.0 Å². The summed E-state index contributed by atoms with van der Waals surface area (Å²) in [6.07, 6.45) is 0.768. The summed E-state index contributed by atoms with van der Waals surface area (Å²) in [6.45, 7) is 3.46. The average molecular weight is 357 g/mol. The van der Waals surface area contributed by atoms with Crippen LogP contribution in [0.2, 0.25) is 0 Å². The van der Waals surface area contributed by atoms with Gasteiger partial charge in [0, 0.05) is 26.6 Å². The van der Waals surface area contributed by atoms with Crippen molar-refractivity contribution in [3.8, 4) is 5.75 Å². The Morgan fingerprint density at radius 1 is 1.29 bits per heavy atom. The van der Waals surface area contributed by atoms with E-state index in [0.717, 1.165) is 10.7 Å². The van der Waals surface area contributed by atoms with Crippen molar-refractivity contribution in [2.45, 2.75) is 25.2 Å². The van der Waals surface area contributed by atoms with Crippen LogP contribution in [0.5, 0.6) is 5.75 Å². The van der Waals surface area contributed by atoms with Gasteiger partial charge in [-0.2, -0.15) is 4.31 Å². The van der Waals surface area contributed by atoms with Crippen LogP contribution in [-0.4, -0.2) is 51.8 Å². The van der Waals surface area contributed by atoms with E-state index in [4.69, 9.17) is 4.74 Å². The molecule has 1 aromatic carbocycles. The summed E-state index contributed by atoms with van der Waals surface area (Å²) in [5.74, 6) is -0.450. The summed E-state index contributed by atoms with van der Waals surface area (Å²) < 4.78 is 31.2. The molecule has 0 spiro atoms. The SMILES string of the molecule is CCCNC(=O)CN(C)S(=O)(=O)c1ccc(NC(C)=O)c(OC)c1. The van der Waals surface area contributed by atoms with Gasteiger partial charge in [-0.15, -0.1) is 0 Å². The van der Waals surface area contributed by atoms with Gasteiger partial charge in [-0.3, -0.25) is 9.59 Å². The Bertz CT molecular complexity index is 703. The number of hydrogen-bond acceptors (Lipinski definition) is 5. The summed E-state index contributed by atoms with van der Waals surface area (Å²) >= 11 is 0. The minimum atomic E-state index is -3.86. The van der Waals surface area contributed by atoms with Crippen molar-refractivity contribution in [2.75, 3.05) is 32.6 Å².